The Hall–Kier alpha value is -2.91. The predicted octanol–water partition coefficient (Wildman–Crippen LogP) is 2.58. The van der Waals surface area contributed by atoms with Gasteiger partial charge < -0.3 is 9.84 Å². The van der Waals surface area contributed by atoms with Crippen LogP contribution in [0.1, 0.15) is 16.1 Å². The molecule has 0 aliphatic heterocycles. The van der Waals surface area contributed by atoms with Gasteiger partial charge in [-0.15, -0.1) is 11.3 Å². The topological polar surface area (TPSA) is 68.0 Å². The molecule has 0 bridgehead atoms. The summed E-state index contributed by atoms with van der Waals surface area (Å²) >= 11 is 1.53. The van der Waals surface area contributed by atoms with Crippen LogP contribution >= 0.6 is 11.3 Å². The second-order valence-corrected chi connectivity index (χ2v) is 5.22. The van der Waals surface area contributed by atoms with Gasteiger partial charge in [-0.1, -0.05) is 23.1 Å². The fraction of sp³-hybridized carbons (Fsp3) is 0.0625. The van der Waals surface area contributed by atoms with Gasteiger partial charge in [-0.25, -0.2) is 0 Å². The Balaban J connectivity index is 1.58. The quantitative estimate of drug-likeness (QED) is 0.755. The molecule has 6 heteroatoms. The van der Waals surface area contributed by atoms with E-state index in [4.69, 9.17) is 4.52 Å². The van der Waals surface area contributed by atoms with E-state index in [1.165, 1.54) is 11.3 Å². The molecule has 0 saturated heterocycles. The van der Waals surface area contributed by atoms with Crippen molar-refractivity contribution in [2.45, 2.75) is 0 Å². The zero-order valence-corrected chi connectivity index (χ0v) is 12.3. The van der Waals surface area contributed by atoms with Gasteiger partial charge in [0.05, 0.1) is 11.4 Å². The molecule has 3 aromatic rings. The van der Waals surface area contributed by atoms with E-state index in [1.54, 1.807) is 30.6 Å². The Bertz CT molecular complexity index is 814. The van der Waals surface area contributed by atoms with Gasteiger partial charge in [0.2, 0.25) is 0 Å². The molecule has 108 valence electrons. The maximum atomic E-state index is 11.9. The Morgan fingerprint density at radius 3 is 2.95 bits per heavy atom. The molecule has 0 aliphatic carbocycles. The SMILES string of the molecule is O=C(NCC#Cc1ccncc1)c1cc(-c2cccs2)on1. The number of rotatable bonds is 3. The minimum absolute atomic E-state index is 0.238. The molecule has 3 aromatic heterocycles. The van der Waals surface area contributed by atoms with Crippen molar-refractivity contribution in [3.63, 3.8) is 0 Å². The molecule has 0 aliphatic rings. The van der Waals surface area contributed by atoms with Crippen LogP contribution in [0.25, 0.3) is 10.6 Å². The zero-order valence-electron chi connectivity index (χ0n) is 11.4. The van der Waals surface area contributed by atoms with Crippen LogP contribution in [0, 0.1) is 11.8 Å². The number of hydrogen-bond donors (Lipinski definition) is 1. The summed E-state index contributed by atoms with van der Waals surface area (Å²) in [6.07, 6.45) is 3.34. The molecular weight excluding hydrogens is 298 g/mol. The third kappa shape index (κ3) is 3.40. The molecular formula is C16H11N3O2S. The smallest absolute Gasteiger partial charge is 0.274 e. The first-order valence-electron chi connectivity index (χ1n) is 6.50. The minimum atomic E-state index is -0.310. The molecule has 0 radical (unpaired) electrons. The number of aromatic nitrogens is 2. The van der Waals surface area contributed by atoms with E-state index >= 15 is 0 Å². The first-order chi connectivity index (χ1) is 10.8. The summed E-state index contributed by atoms with van der Waals surface area (Å²) in [6.45, 7) is 0.238. The normalized spacial score (nSPS) is 9.82. The van der Waals surface area contributed by atoms with E-state index < -0.39 is 0 Å². The van der Waals surface area contributed by atoms with Gasteiger partial charge >= 0.3 is 0 Å². The van der Waals surface area contributed by atoms with Crippen LogP contribution in [-0.2, 0) is 0 Å². The van der Waals surface area contributed by atoms with Gasteiger partial charge in [0, 0.05) is 24.0 Å². The molecule has 0 spiro atoms. The molecule has 1 amide bonds. The maximum Gasteiger partial charge on any atom is 0.274 e. The number of hydrogen-bond acceptors (Lipinski definition) is 5. The first-order valence-corrected chi connectivity index (χ1v) is 7.38. The third-order valence-corrected chi connectivity index (χ3v) is 3.64. The van der Waals surface area contributed by atoms with Gasteiger partial charge in [0.1, 0.15) is 0 Å². The van der Waals surface area contributed by atoms with Gasteiger partial charge in [0.25, 0.3) is 5.91 Å². The summed E-state index contributed by atoms with van der Waals surface area (Å²) in [5.74, 6) is 6.08. The lowest BCUT2D eigenvalue weighted by atomic mass is 10.3. The lowest BCUT2D eigenvalue weighted by Crippen LogP contribution is -2.23. The van der Waals surface area contributed by atoms with Crippen molar-refractivity contribution in [3.8, 4) is 22.5 Å². The Morgan fingerprint density at radius 2 is 2.18 bits per heavy atom. The highest BCUT2D eigenvalue weighted by molar-refractivity contribution is 7.13. The lowest BCUT2D eigenvalue weighted by molar-refractivity contribution is 0.0950. The summed E-state index contributed by atoms with van der Waals surface area (Å²) in [6, 6.07) is 9.06. The molecule has 0 aromatic carbocycles. The van der Waals surface area contributed by atoms with Gasteiger partial charge in [-0.3, -0.25) is 9.78 Å². The highest BCUT2D eigenvalue weighted by atomic mass is 32.1. The van der Waals surface area contributed by atoms with Crippen LogP contribution < -0.4 is 5.32 Å². The number of amides is 1. The van der Waals surface area contributed by atoms with Crippen LogP contribution in [0.5, 0.6) is 0 Å². The molecule has 3 rings (SSSR count). The van der Waals surface area contributed by atoms with Crippen LogP contribution in [0.15, 0.2) is 52.6 Å². The van der Waals surface area contributed by atoms with Gasteiger partial charge in [-0.05, 0) is 23.6 Å². The fourth-order valence-electron chi connectivity index (χ4n) is 1.71. The summed E-state index contributed by atoms with van der Waals surface area (Å²) in [5.41, 5.74) is 1.10. The Labute approximate surface area is 131 Å². The van der Waals surface area contributed by atoms with Gasteiger partial charge in [-0.2, -0.15) is 0 Å². The minimum Gasteiger partial charge on any atom is -0.355 e. The van der Waals surface area contributed by atoms with Crippen LogP contribution in [-0.4, -0.2) is 22.6 Å². The first kappa shape index (κ1) is 14.0. The monoisotopic (exact) mass is 309 g/mol. The van der Waals surface area contributed by atoms with Crippen molar-refractivity contribution in [1.29, 1.82) is 0 Å². The predicted molar refractivity (Wildman–Crippen MR) is 83.3 cm³/mol. The molecule has 0 saturated carbocycles. The molecule has 0 atom stereocenters. The fourth-order valence-corrected chi connectivity index (χ4v) is 2.39. The second kappa shape index (κ2) is 6.70. The highest BCUT2D eigenvalue weighted by Gasteiger charge is 2.13. The average Bonchev–Trinajstić information content (AvgIpc) is 3.22. The van der Waals surface area contributed by atoms with E-state index in [9.17, 15) is 4.79 Å². The van der Waals surface area contributed by atoms with Gasteiger partial charge in [0.15, 0.2) is 11.5 Å². The van der Waals surface area contributed by atoms with Crippen molar-refractivity contribution >= 4 is 17.2 Å². The van der Waals surface area contributed by atoms with E-state index in [1.807, 2.05) is 17.5 Å². The second-order valence-electron chi connectivity index (χ2n) is 4.27. The van der Waals surface area contributed by atoms with E-state index in [0.29, 0.717) is 5.76 Å². The van der Waals surface area contributed by atoms with Crippen LogP contribution in [0.2, 0.25) is 0 Å². The van der Waals surface area contributed by atoms with E-state index in [-0.39, 0.29) is 18.1 Å². The van der Waals surface area contributed by atoms with E-state index in [2.05, 4.69) is 27.3 Å². The molecule has 1 N–H and O–H groups in total. The Kier molecular flexibility index (Phi) is 4.27. The van der Waals surface area contributed by atoms with Crippen molar-refractivity contribution in [1.82, 2.24) is 15.5 Å². The number of pyridine rings is 1. The summed E-state index contributed by atoms with van der Waals surface area (Å²) in [5, 5.41) is 8.39. The number of nitrogens with one attached hydrogen (secondary N) is 1. The highest BCUT2D eigenvalue weighted by Crippen LogP contribution is 2.24. The largest absolute Gasteiger partial charge is 0.355 e. The van der Waals surface area contributed by atoms with Crippen molar-refractivity contribution in [2.75, 3.05) is 6.54 Å². The third-order valence-electron chi connectivity index (χ3n) is 2.76. The molecule has 3 heterocycles. The number of thiophene rings is 1. The summed E-state index contributed by atoms with van der Waals surface area (Å²) in [4.78, 5) is 16.8. The van der Waals surface area contributed by atoms with E-state index in [0.717, 1.165) is 10.4 Å². The molecule has 0 unspecified atom stereocenters. The summed E-state index contributed by atoms with van der Waals surface area (Å²) < 4.78 is 5.16. The average molecular weight is 309 g/mol. The molecule has 22 heavy (non-hydrogen) atoms. The molecule has 5 nitrogen and oxygen atoms in total. The van der Waals surface area contributed by atoms with Crippen molar-refractivity contribution in [2.24, 2.45) is 0 Å². The summed E-state index contributed by atoms with van der Waals surface area (Å²) in [7, 11) is 0. The van der Waals surface area contributed by atoms with Crippen molar-refractivity contribution < 1.29 is 9.32 Å². The standard InChI is InChI=1S/C16H11N3O2S/c20-16(18-7-1-3-12-5-8-17-9-6-12)13-11-14(21-19-13)15-4-2-10-22-15/h2,4-6,8-11H,7H2,(H,18,20). The molecule has 0 fully saturated rings. The number of carbonyl (C=O) groups excluding carboxylic acids is 1. The van der Waals surface area contributed by atoms with Crippen LogP contribution in [0.3, 0.4) is 0 Å². The maximum absolute atomic E-state index is 11.9. The van der Waals surface area contributed by atoms with Crippen LogP contribution in [0.4, 0.5) is 0 Å². The number of carbonyl (C=O) groups is 1. The van der Waals surface area contributed by atoms with Crippen molar-refractivity contribution in [3.05, 3.63) is 59.4 Å². The number of nitrogens with zero attached hydrogens (tertiary/aromatic N) is 2. The zero-order chi connectivity index (χ0) is 15.2. The lowest BCUT2D eigenvalue weighted by Gasteiger charge is -1.95. The Morgan fingerprint density at radius 1 is 1.32 bits per heavy atom.